The first-order valence-electron chi connectivity index (χ1n) is 20.1. The first kappa shape index (κ1) is 40.3. The molecule has 0 spiro atoms. The monoisotopic (exact) mass is 849 g/mol. The third-order valence-electron chi connectivity index (χ3n) is 12.7. The maximum absolute atomic E-state index is 13.6. The Labute approximate surface area is 351 Å². The van der Waals surface area contributed by atoms with E-state index in [4.69, 9.17) is 14.4 Å². The van der Waals surface area contributed by atoms with Crippen LogP contribution in [0.4, 0.5) is 5.13 Å². The van der Waals surface area contributed by atoms with Gasteiger partial charge in [0.15, 0.2) is 10.8 Å². The van der Waals surface area contributed by atoms with Crippen molar-refractivity contribution in [2.75, 3.05) is 30.8 Å². The maximum Gasteiger partial charge on any atom is 0.355 e. The lowest BCUT2D eigenvalue weighted by atomic mass is 9.39. The third-order valence-corrected chi connectivity index (χ3v) is 14.3. The Morgan fingerprint density at radius 2 is 1.70 bits per heavy atom. The number of ether oxygens (including phenoxy) is 1. The average molecular weight is 850 g/mol. The predicted molar refractivity (Wildman–Crippen MR) is 230 cm³/mol. The van der Waals surface area contributed by atoms with Gasteiger partial charge in [-0.25, -0.2) is 14.8 Å². The van der Waals surface area contributed by atoms with Crippen LogP contribution >= 0.6 is 11.3 Å². The number of nitrogens with zero attached hydrogens (tertiary/aromatic N) is 5. The van der Waals surface area contributed by atoms with Crippen LogP contribution in [0.2, 0.25) is 0 Å². The van der Waals surface area contributed by atoms with Crippen molar-refractivity contribution in [3.05, 3.63) is 90.1 Å². The van der Waals surface area contributed by atoms with Gasteiger partial charge in [0.25, 0.3) is 16.0 Å². The Kier molecular flexibility index (Phi) is 9.94. The standard InChI is InChI=1S/C44H47N7O7S2/c1-27-32(19-47-51(27)26-43-21-41(2)20-42(3,22-43)24-44(23-41,25-43)58-14-12-45-13-15-60(55,56)57)30-10-11-34(48-37(30)39(53)54)28-8-9-29-17-46-18-33(31(29)16-28)38(52)50-40-49-35-6-4-5-7-36(35)59-40/h4-11,16-19,45H,12-15,20-26H2,1-3H3,(H,53,54)(H,49,50,52)(H,55,56,57). The molecule has 6 aromatic rings. The Balaban J connectivity index is 0.959. The maximum atomic E-state index is 13.6. The van der Waals surface area contributed by atoms with Crippen molar-refractivity contribution in [1.82, 2.24) is 30.0 Å². The van der Waals surface area contributed by atoms with E-state index in [1.54, 1.807) is 24.5 Å². The molecule has 10 rings (SSSR count). The summed E-state index contributed by atoms with van der Waals surface area (Å²) in [5.74, 6) is -1.85. The zero-order chi connectivity index (χ0) is 42.1. The van der Waals surface area contributed by atoms with Gasteiger partial charge in [-0.1, -0.05) is 49.4 Å². The molecule has 4 N–H and O–H groups in total. The van der Waals surface area contributed by atoms with Gasteiger partial charge in [-0.2, -0.15) is 13.5 Å². The minimum Gasteiger partial charge on any atom is -0.476 e. The number of thiazole rings is 1. The lowest BCUT2D eigenvalue weighted by Gasteiger charge is -2.69. The minimum absolute atomic E-state index is 0.0713. The summed E-state index contributed by atoms with van der Waals surface area (Å²) in [5, 5.41) is 23.2. The van der Waals surface area contributed by atoms with Gasteiger partial charge < -0.3 is 15.2 Å². The molecule has 1 amide bonds. The highest BCUT2D eigenvalue weighted by atomic mass is 32.2. The summed E-state index contributed by atoms with van der Waals surface area (Å²) in [4.78, 5) is 40.0. The number of rotatable bonds is 14. The predicted octanol–water partition coefficient (Wildman–Crippen LogP) is 7.64. The lowest BCUT2D eigenvalue weighted by Crippen LogP contribution is -2.64. The minimum atomic E-state index is -4.02. The number of carboxylic acids is 1. The smallest absolute Gasteiger partial charge is 0.355 e. The molecule has 0 radical (unpaired) electrons. The average Bonchev–Trinajstić information content (AvgIpc) is 3.75. The molecule has 4 saturated carbocycles. The van der Waals surface area contributed by atoms with Crippen LogP contribution in [0.3, 0.4) is 0 Å². The van der Waals surface area contributed by atoms with Crippen LogP contribution in [-0.4, -0.2) is 85.7 Å². The number of benzene rings is 2. The number of hydrogen-bond acceptors (Lipinski definition) is 11. The zero-order valence-electron chi connectivity index (χ0n) is 33.7. The highest BCUT2D eigenvalue weighted by Crippen LogP contribution is 2.72. The van der Waals surface area contributed by atoms with Gasteiger partial charge in [0.05, 0.1) is 45.6 Å². The van der Waals surface area contributed by atoms with Crippen molar-refractivity contribution in [1.29, 1.82) is 0 Å². The fourth-order valence-corrected chi connectivity index (χ4v) is 12.9. The number of para-hydroxylation sites is 1. The molecule has 4 aliphatic carbocycles. The van der Waals surface area contributed by atoms with Crippen LogP contribution in [0, 0.1) is 23.2 Å². The second-order valence-corrected chi connectivity index (χ2v) is 20.6. The second-order valence-electron chi connectivity index (χ2n) is 18.0. The van der Waals surface area contributed by atoms with E-state index < -0.39 is 16.1 Å². The fourth-order valence-electron chi connectivity index (χ4n) is 11.6. The van der Waals surface area contributed by atoms with E-state index in [0.717, 1.165) is 59.8 Å². The van der Waals surface area contributed by atoms with Crippen LogP contribution in [0.5, 0.6) is 0 Å². The molecular formula is C44H47N7O7S2. The number of nitrogens with one attached hydrogen (secondary N) is 2. The number of carbonyl (C=O) groups is 2. The van der Waals surface area contributed by atoms with Crippen molar-refractivity contribution < 1.29 is 32.4 Å². The topological polar surface area (TPSA) is 199 Å². The third kappa shape index (κ3) is 7.82. The number of fused-ring (bicyclic) bond motifs is 2. The molecule has 4 aliphatic rings. The van der Waals surface area contributed by atoms with E-state index in [1.807, 2.05) is 54.1 Å². The molecule has 312 valence electrons. The van der Waals surface area contributed by atoms with Crippen LogP contribution in [-0.2, 0) is 21.4 Å². The summed E-state index contributed by atoms with van der Waals surface area (Å²) in [7, 11) is -4.02. The highest BCUT2D eigenvalue weighted by Gasteiger charge is 2.66. The van der Waals surface area contributed by atoms with Gasteiger partial charge >= 0.3 is 5.97 Å². The summed E-state index contributed by atoms with van der Waals surface area (Å²) in [6.45, 7) is 8.50. The van der Waals surface area contributed by atoms with Crippen molar-refractivity contribution in [2.45, 2.75) is 71.4 Å². The van der Waals surface area contributed by atoms with E-state index in [2.05, 4.69) is 39.4 Å². The van der Waals surface area contributed by atoms with Gasteiger partial charge in [0.1, 0.15) is 0 Å². The number of aromatic nitrogens is 5. The van der Waals surface area contributed by atoms with Gasteiger partial charge in [-0.3, -0.25) is 24.3 Å². The molecule has 60 heavy (non-hydrogen) atoms. The van der Waals surface area contributed by atoms with E-state index >= 15 is 0 Å². The number of aromatic carboxylic acids is 1. The van der Waals surface area contributed by atoms with Gasteiger partial charge in [0.2, 0.25) is 0 Å². The van der Waals surface area contributed by atoms with Crippen molar-refractivity contribution in [2.24, 2.45) is 16.2 Å². The van der Waals surface area contributed by atoms with E-state index in [9.17, 15) is 23.1 Å². The number of anilines is 1. The number of carboxylic acid groups (broad SMARTS) is 1. The molecule has 16 heteroatoms. The normalized spacial score (nSPS) is 24.7. The number of carbonyl (C=O) groups excluding carboxylic acids is 1. The lowest BCUT2D eigenvalue weighted by molar-refractivity contribution is -0.247. The Morgan fingerprint density at radius 1 is 0.917 bits per heavy atom. The molecule has 0 aliphatic heterocycles. The number of hydrogen-bond donors (Lipinski definition) is 4. The molecule has 2 unspecified atom stereocenters. The largest absolute Gasteiger partial charge is 0.476 e. The number of pyridine rings is 2. The van der Waals surface area contributed by atoms with E-state index in [1.165, 1.54) is 17.5 Å². The van der Waals surface area contributed by atoms with Crippen LogP contribution in [0.1, 0.15) is 78.9 Å². The molecule has 4 heterocycles. The zero-order valence-corrected chi connectivity index (χ0v) is 35.3. The van der Waals surface area contributed by atoms with E-state index in [0.29, 0.717) is 58.2 Å². The van der Waals surface area contributed by atoms with Gasteiger partial charge in [-0.05, 0) is 97.4 Å². The first-order chi connectivity index (χ1) is 28.5. The Morgan fingerprint density at radius 3 is 2.45 bits per heavy atom. The molecule has 4 bridgehead atoms. The summed E-state index contributed by atoms with van der Waals surface area (Å²) in [6, 6.07) is 16.8. The van der Waals surface area contributed by atoms with E-state index in [-0.39, 0.29) is 45.7 Å². The number of amides is 1. The fraction of sp³-hybridized carbons (Fsp3) is 0.409. The van der Waals surface area contributed by atoms with Crippen LogP contribution in [0.25, 0.3) is 43.4 Å². The summed E-state index contributed by atoms with van der Waals surface area (Å²) < 4.78 is 41.0. The summed E-state index contributed by atoms with van der Waals surface area (Å²) in [5.41, 5.74) is 4.03. The summed E-state index contributed by atoms with van der Waals surface area (Å²) in [6.07, 6.45) is 11.0. The van der Waals surface area contributed by atoms with Gasteiger partial charge in [-0.15, -0.1) is 0 Å². The van der Waals surface area contributed by atoms with Crippen molar-refractivity contribution in [3.8, 4) is 22.4 Å². The second kappa shape index (κ2) is 14.8. The van der Waals surface area contributed by atoms with Crippen LogP contribution in [0.15, 0.2) is 73.2 Å². The molecule has 2 atom stereocenters. The van der Waals surface area contributed by atoms with Crippen molar-refractivity contribution in [3.63, 3.8) is 0 Å². The molecule has 4 aromatic heterocycles. The van der Waals surface area contributed by atoms with Crippen LogP contribution < -0.4 is 10.6 Å². The first-order valence-corrected chi connectivity index (χ1v) is 22.6. The molecule has 4 fully saturated rings. The van der Waals surface area contributed by atoms with Crippen molar-refractivity contribution >= 4 is 59.5 Å². The molecular weight excluding hydrogens is 803 g/mol. The Bertz CT molecular complexity index is 2750. The molecule has 2 aromatic carbocycles. The molecule has 0 saturated heterocycles. The van der Waals surface area contributed by atoms with Gasteiger partial charge in [0, 0.05) is 59.8 Å². The quantitative estimate of drug-likeness (QED) is 0.0618. The molecule has 14 nitrogen and oxygen atoms in total. The Hall–Kier alpha value is -5.13. The summed E-state index contributed by atoms with van der Waals surface area (Å²) >= 11 is 1.39. The SMILES string of the molecule is Cc1c(-c2ccc(-c3ccc4cncc(C(=O)Nc5nc6ccccc6s5)c4c3)nc2C(=O)O)cnn1CC12CC3(C)CC(C)(C1)CC(OCCNCCS(=O)(=O)O)(C3)C2. The highest BCUT2D eigenvalue weighted by molar-refractivity contribution is 7.85.